The zero-order valence-corrected chi connectivity index (χ0v) is 13.6. The molecule has 1 aromatic rings. The van der Waals surface area contributed by atoms with Gasteiger partial charge >= 0.3 is 6.18 Å². The van der Waals surface area contributed by atoms with Crippen molar-refractivity contribution in [2.24, 2.45) is 0 Å². The molecule has 0 spiro atoms. The van der Waals surface area contributed by atoms with Crippen LogP contribution in [0.4, 0.5) is 17.6 Å². The molecule has 0 bridgehead atoms. The molecule has 0 radical (unpaired) electrons. The number of amides is 1. The summed E-state index contributed by atoms with van der Waals surface area (Å²) in [5.41, 5.74) is -1.27. The Bertz CT molecular complexity index is 556. The lowest BCUT2D eigenvalue weighted by molar-refractivity contribution is -0.137. The first-order valence-electron chi connectivity index (χ1n) is 7.28. The van der Waals surface area contributed by atoms with Crippen molar-refractivity contribution in [3.63, 3.8) is 0 Å². The van der Waals surface area contributed by atoms with Gasteiger partial charge in [-0.2, -0.15) is 13.2 Å². The van der Waals surface area contributed by atoms with E-state index in [4.69, 9.17) is 0 Å². The number of carbonyl (C=O) groups excluding carboxylic acids is 1. The Hall–Kier alpha value is -1.63. The molecule has 0 aliphatic carbocycles. The summed E-state index contributed by atoms with van der Waals surface area (Å²) in [6.45, 7) is 7.14. The standard InChI is InChI=1S/C16H22F4N2O/c1-10(8-15(3,4)22-11(2)23)21-9-12-5-6-13(7-14(12)17)16(18,19)20/h5-7,10,21H,8-9H2,1-4H3,(H,22,23). The Morgan fingerprint density at radius 3 is 2.35 bits per heavy atom. The van der Waals surface area contributed by atoms with Crippen molar-refractivity contribution in [1.29, 1.82) is 0 Å². The Balaban J connectivity index is 2.63. The number of carbonyl (C=O) groups is 1. The van der Waals surface area contributed by atoms with Crippen LogP contribution in [0, 0.1) is 5.82 Å². The summed E-state index contributed by atoms with van der Waals surface area (Å²) >= 11 is 0. The number of alkyl halides is 3. The zero-order chi connectivity index (χ0) is 17.8. The number of rotatable bonds is 6. The molecule has 3 nitrogen and oxygen atoms in total. The molecular weight excluding hydrogens is 312 g/mol. The molecule has 0 saturated carbocycles. The molecule has 1 unspecified atom stereocenters. The van der Waals surface area contributed by atoms with Gasteiger partial charge in [-0.1, -0.05) is 6.07 Å². The molecule has 1 rings (SSSR count). The highest BCUT2D eigenvalue weighted by Crippen LogP contribution is 2.30. The fraction of sp³-hybridized carbons (Fsp3) is 0.562. The fourth-order valence-corrected chi connectivity index (χ4v) is 2.52. The van der Waals surface area contributed by atoms with E-state index in [1.807, 2.05) is 20.8 Å². The van der Waals surface area contributed by atoms with Gasteiger partial charge in [0.1, 0.15) is 5.82 Å². The number of halogens is 4. The minimum Gasteiger partial charge on any atom is -0.351 e. The van der Waals surface area contributed by atoms with E-state index < -0.39 is 23.1 Å². The van der Waals surface area contributed by atoms with Crippen molar-refractivity contribution < 1.29 is 22.4 Å². The quantitative estimate of drug-likeness (QED) is 0.780. The van der Waals surface area contributed by atoms with E-state index in [0.29, 0.717) is 12.5 Å². The van der Waals surface area contributed by atoms with Crippen molar-refractivity contribution >= 4 is 5.91 Å². The Morgan fingerprint density at radius 2 is 1.87 bits per heavy atom. The molecule has 2 N–H and O–H groups in total. The summed E-state index contributed by atoms with van der Waals surface area (Å²) in [6, 6.07) is 2.45. The minimum atomic E-state index is -4.55. The summed E-state index contributed by atoms with van der Waals surface area (Å²) in [6.07, 6.45) is -3.96. The highest BCUT2D eigenvalue weighted by Gasteiger charge is 2.31. The van der Waals surface area contributed by atoms with Crippen LogP contribution in [-0.2, 0) is 17.5 Å². The molecule has 0 aromatic heterocycles. The summed E-state index contributed by atoms with van der Waals surface area (Å²) < 4.78 is 51.2. The van der Waals surface area contributed by atoms with Crippen LogP contribution in [0.15, 0.2) is 18.2 Å². The van der Waals surface area contributed by atoms with Gasteiger partial charge in [-0.05, 0) is 39.3 Å². The predicted molar refractivity (Wildman–Crippen MR) is 80.2 cm³/mol. The fourth-order valence-electron chi connectivity index (χ4n) is 2.52. The van der Waals surface area contributed by atoms with Crippen LogP contribution in [0.2, 0.25) is 0 Å². The Morgan fingerprint density at radius 1 is 1.26 bits per heavy atom. The average Bonchev–Trinajstić information content (AvgIpc) is 2.33. The molecule has 0 saturated heterocycles. The second kappa shape index (κ2) is 7.29. The van der Waals surface area contributed by atoms with E-state index >= 15 is 0 Å². The van der Waals surface area contributed by atoms with Gasteiger partial charge in [0.05, 0.1) is 5.56 Å². The van der Waals surface area contributed by atoms with Crippen molar-refractivity contribution in [1.82, 2.24) is 10.6 Å². The molecular formula is C16H22F4N2O. The number of nitrogens with one attached hydrogen (secondary N) is 2. The van der Waals surface area contributed by atoms with E-state index in [1.54, 1.807) is 0 Å². The third-order valence-electron chi connectivity index (χ3n) is 3.35. The third-order valence-corrected chi connectivity index (χ3v) is 3.35. The number of hydrogen-bond donors (Lipinski definition) is 2. The van der Waals surface area contributed by atoms with Gasteiger partial charge < -0.3 is 10.6 Å². The SMILES string of the molecule is CC(=O)NC(C)(C)CC(C)NCc1ccc(C(F)(F)F)cc1F. The topological polar surface area (TPSA) is 41.1 Å². The maximum absolute atomic E-state index is 13.7. The van der Waals surface area contributed by atoms with Crippen molar-refractivity contribution in [3.05, 3.63) is 35.1 Å². The first-order valence-corrected chi connectivity index (χ1v) is 7.28. The molecule has 1 amide bonds. The minimum absolute atomic E-state index is 0.0569. The Kier molecular flexibility index (Phi) is 6.16. The highest BCUT2D eigenvalue weighted by molar-refractivity contribution is 5.73. The zero-order valence-electron chi connectivity index (χ0n) is 13.6. The lowest BCUT2D eigenvalue weighted by Crippen LogP contribution is -2.46. The third kappa shape index (κ3) is 6.56. The van der Waals surface area contributed by atoms with Crippen LogP contribution in [0.25, 0.3) is 0 Å². The average molecular weight is 334 g/mol. The summed E-state index contributed by atoms with van der Waals surface area (Å²) in [4.78, 5) is 11.1. The van der Waals surface area contributed by atoms with Gasteiger partial charge in [0, 0.05) is 30.6 Å². The molecule has 0 aliphatic rings. The molecule has 0 heterocycles. The second-order valence-electron chi connectivity index (χ2n) is 6.36. The van der Waals surface area contributed by atoms with E-state index in [1.165, 1.54) is 6.92 Å². The summed E-state index contributed by atoms with van der Waals surface area (Å²) in [5.74, 6) is -1.03. The van der Waals surface area contributed by atoms with Crippen LogP contribution in [0.5, 0.6) is 0 Å². The lowest BCUT2D eigenvalue weighted by atomic mass is 9.95. The van der Waals surface area contributed by atoms with E-state index in [0.717, 1.165) is 12.1 Å². The van der Waals surface area contributed by atoms with Crippen molar-refractivity contribution in [2.75, 3.05) is 0 Å². The normalized spacial score (nSPS) is 13.7. The van der Waals surface area contributed by atoms with Crippen LogP contribution < -0.4 is 10.6 Å². The first-order chi connectivity index (χ1) is 10.4. The molecule has 0 aliphatic heterocycles. The molecule has 130 valence electrons. The summed E-state index contributed by atoms with van der Waals surface area (Å²) in [5, 5.41) is 5.86. The molecule has 1 aromatic carbocycles. The Labute approximate surface area is 133 Å². The van der Waals surface area contributed by atoms with E-state index in [9.17, 15) is 22.4 Å². The van der Waals surface area contributed by atoms with Crippen LogP contribution in [0.3, 0.4) is 0 Å². The lowest BCUT2D eigenvalue weighted by Gasteiger charge is -2.29. The highest BCUT2D eigenvalue weighted by atomic mass is 19.4. The van der Waals surface area contributed by atoms with Gasteiger partial charge in [-0.15, -0.1) is 0 Å². The smallest absolute Gasteiger partial charge is 0.351 e. The molecule has 23 heavy (non-hydrogen) atoms. The molecule has 1 atom stereocenters. The maximum atomic E-state index is 13.7. The van der Waals surface area contributed by atoms with E-state index in [2.05, 4.69) is 10.6 Å². The maximum Gasteiger partial charge on any atom is 0.416 e. The molecule has 7 heteroatoms. The monoisotopic (exact) mass is 334 g/mol. The van der Waals surface area contributed by atoms with Gasteiger partial charge in [-0.25, -0.2) is 4.39 Å². The van der Waals surface area contributed by atoms with Gasteiger partial charge in [0.25, 0.3) is 0 Å². The van der Waals surface area contributed by atoms with Crippen LogP contribution in [-0.4, -0.2) is 17.5 Å². The largest absolute Gasteiger partial charge is 0.416 e. The van der Waals surface area contributed by atoms with Gasteiger partial charge in [0.2, 0.25) is 5.91 Å². The van der Waals surface area contributed by atoms with Gasteiger partial charge in [-0.3, -0.25) is 4.79 Å². The summed E-state index contributed by atoms with van der Waals surface area (Å²) in [7, 11) is 0. The number of benzene rings is 1. The van der Waals surface area contributed by atoms with Crippen LogP contribution in [0.1, 0.15) is 45.2 Å². The first kappa shape index (κ1) is 19.4. The second-order valence-corrected chi connectivity index (χ2v) is 6.36. The number of hydrogen-bond acceptors (Lipinski definition) is 2. The van der Waals surface area contributed by atoms with Crippen LogP contribution >= 0.6 is 0 Å². The predicted octanol–water partition coefficient (Wildman–Crippen LogP) is 3.63. The van der Waals surface area contributed by atoms with Crippen molar-refractivity contribution in [3.8, 4) is 0 Å². The molecule has 0 fully saturated rings. The van der Waals surface area contributed by atoms with E-state index in [-0.39, 0.29) is 24.1 Å². The van der Waals surface area contributed by atoms with Crippen molar-refractivity contribution in [2.45, 2.75) is 58.4 Å². The van der Waals surface area contributed by atoms with Gasteiger partial charge in [0.15, 0.2) is 0 Å².